The van der Waals surface area contributed by atoms with Crippen molar-refractivity contribution in [3.8, 4) is 0 Å². The van der Waals surface area contributed by atoms with E-state index in [1.54, 1.807) is 0 Å². The Labute approximate surface area is 172 Å². The maximum absolute atomic E-state index is 11.5. The molecular formula is C24H42O4. The number of carbonyl (C=O) groups is 2. The predicted octanol–water partition coefficient (Wildman–Crippen LogP) is 6.69. The first-order valence-corrected chi connectivity index (χ1v) is 11.4. The molecule has 0 aliphatic rings. The Balaban J connectivity index is 3.48. The average Bonchev–Trinajstić information content (AvgIpc) is 2.69. The zero-order valence-corrected chi connectivity index (χ0v) is 18.3. The van der Waals surface area contributed by atoms with Crippen LogP contribution in [-0.4, -0.2) is 25.2 Å². The largest absolute Gasteiger partial charge is 0.463 e. The summed E-state index contributed by atoms with van der Waals surface area (Å²) in [5.74, 6) is -0.988. The molecule has 0 aromatic rings. The highest BCUT2D eigenvalue weighted by atomic mass is 16.5. The molecule has 0 unspecified atom stereocenters. The first-order chi connectivity index (χ1) is 13.7. The molecule has 0 rings (SSSR count). The van der Waals surface area contributed by atoms with Crippen LogP contribution in [0.4, 0.5) is 0 Å². The smallest absolute Gasteiger partial charge is 0.331 e. The second-order valence-corrected chi connectivity index (χ2v) is 7.25. The van der Waals surface area contributed by atoms with E-state index in [9.17, 15) is 9.59 Å². The summed E-state index contributed by atoms with van der Waals surface area (Å²) in [6.07, 6.45) is 23.2. The molecule has 0 aliphatic carbocycles. The third kappa shape index (κ3) is 20.7. The zero-order chi connectivity index (χ0) is 20.7. The second-order valence-electron chi connectivity index (χ2n) is 7.25. The maximum atomic E-state index is 11.5. The molecule has 0 amide bonds. The highest BCUT2D eigenvalue weighted by Gasteiger charge is 2.00. The number of allylic oxidation sites excluding steroid dienone is 1. The molecule has 0 spiro atoms. The van der Waals surface area contributed by atoms with Crippen molar-refractivity contribution in [2.24, 2.45) is 0 Å². The van der Waals surface area contributed by atoms with E-state index in [2.05, 4.69) is 26.0 Å². The van der Waals surface area contributed by atoms with Crippen LogP contribution < -0.4 is 0 Å². The van der Waals surface area contributed by atoms with Crippen LogP contribution in [0.3, 0.4) is 0 Å². The first-order valence-electron chi connectivity index (χ1n) is 11.4. The molecule has 0 radical (unpaired) electrons. The Morgan fingerprint density at radius 2 is 1.04 bits per heavy atom. The lowest BCUT2D eigenvalue weighted by Crippen LogP contribution is -2.05. The van der Waals surface area contributed by atoms with Crippen molar-refractivity contribution in [1.82, 2.24) is 0 Å². The molecule has 4 nitrogen and oxygen atoms in total. The van der Waals surface area contributed by atoms with E-state index < -0.39 is 11.9 Å². The molecule has 0 heterocycles. The van der Waals surface area contributed by atoms with Gasteiger partial charge in [-0.25, -0.2) is 9.59 Å². The van der Waals surface area contributed by atoms with Gasteiger partial charge < -0.3 is 9.47 Å². The average molecular weight is 395 g/mol. The van der Waals surface area contributed by atoms with Gasteiger partial charge in [-0.05, 0) is 25.7 Å². The van der Waals surface area contributed by atoms with Crippen LogP contribution in [-0.2, 0) is 19.1 Å². The third-order valence-corrected chi connectivity index (χ3v) is 4.52. The van der Waals surface area contributed by atoms with Gasteiger partial charge in [-0.15, -0.1) is 0 Å². The van der Waals surface area contributed by atoms with Gasteiger partial charge in [0.2, 0.25) is 0 Å². The topological polar surface area (TPSA) is 52.6 Å². The summed E-state index contributed by atoms with van der Waals surface area (Å²) in [5, 5.41) is 0. The molecule has 0 fully saturated rings. The molecule has 0 aromatic carbocycles. The quantitative estimate of drug-likeness (QED) is 0.106. The Kier molecular flexibility index (Phi) is 20.5. The van der Waals surface area contributed by atoms with Crippen LogP contribution in [0.5, 0.6) is 0 Å². The van der Waals surface area contributed by atoms with Crippen molar-refractivity contribution in [1.29, 1.82) is 0 Å². The van der Waals surface area contributed by atoms with Gasteiger partial charge in [0, 0.05) is 12.2 Å². The number of esters is 2. The number of hydrogen-bond acceptors (Lipinski definition) is 4. The van der Waals surface area contributed by atoms with Gasteiger partial charge in [-0.1, -0.05) is 90.2 Å². The Hall–Kier alpha value is -1.58. The van der Waals surface area contributed by atoms with Crippen molar-refractivity contribution in [3.63, 3.8) is 0 Å². The third-order valence-electron chi connectivity index (χ3n) is 4.52. The van der Waals surface area contributed by atoms with Gasteiger partial charge in [0.1, 0.15) is 0 Å². The summed E-state index contributed by atoms with van der Waals surface area (Å²) in [7, 11) is 0. The van der Waals surface area contributed by atoms with Crippen molar-refractivity contribution in [2.45, 2.75) is 104 Å². The van der Waals surface area contributed by atoms with Crippen molar-refractivity contribution < 1.29 is 19.1 Å². The lowest BCUT2D eigenvalue weighted by atomic mass is 10.1. The van der Waals surface area contributed by atoms with Crippen LogP contribution >= 0.6 is 0 Å². The summed E-state index contributed by atoms with van der Waals surface area (Å²) in [4.78, 5) is 23.0. The summed E-state index contributed by atoms with van der Waals surface area (Å²) < 4.78 is 10.1. The number of unbranched alkanes of at least 4 members (excludes halogenated alkanes) is 11. The van der Waals surface area contributed by atoms with Gasteiger partial charge in [-0.3, -0.25) is 0 Å². The fourth-order valence-corrected chi connectivity index (χ4v) is 2.79. The Morgan fingerprint density at radius 1 is 0.571 bits per heavy atom. The molecule has 4 heteroatoms. The molecule has 0 bridgehead atoms. The normalized spacial score (nSPS) is 11.4. The summed E-state index contributed by atoms with van der Waals surface area (Å²) in [6.45, 7) is 5.12. The van der Waals surface area contributed by atoms with Crippen LogP contribution in [0.25, 0.3) is 0 Å². The number of ether oxygens (including phenoxy) is 2. The molecule has 0 saturated heterocycles. The molecule has 0 saturated carbocycles. The molecular weight excluding hydrogens is 352 g/mol. The second kappa shape index (κ2) is 21.7. The Morgan fingerprint density at radius 3 is 1.64 bits per heavy atom. The van der Waals surface area contributed by atoms with E-state index in [1.807, 2.05) is 0 Å². The van der Waals surface area contributed by atoms with Crippen LogP contribution in [0.2, 0.25) is 0 Å². The standard InChI is InChI=1S/C24H42O4/c1-3-5-7-9-10-11-12-13-14-15-16-18-22-28-24(26)20-19-23(25)27-21-17-8-6-4-2/h15-16,19-20H,3-14,17-18,21-22H2,1-2H3/b16-15+,20-19+. The van der Waals surface area contributed by atoms with E-state index in [1.165, 1.54) is 51.4 Å². The lowest BCUT2D eigenvalue weighted by Gasteiger charge is -2.01. The molecule has 0 aliphatic heterocycles. The van der Waals surface area contributed by atoms with Gasteiger partial charge in [0.25, 0.3) is 0 Å². The zero-order valence-electron chi connectivity index (χ0n) is 18.3. The minimum Gasteiger partial charge on any atom is -0.463 e. The predicted molar refractivity (Wildman–Crippen MR) is 116 cm³/mol. The number of hydrogen-bond donors (Lipinski definition) is 0. The minimum atomic E-state index is -0.501. The van der Waals surface area contributed by atoms with E-state index in [-0.39, 0.29) is 0 Å². The van der Waals surface area contributed by atoms with E-state index in [0.717, 1.165) is 44.3 Å². The summed E-state index contributed by atoms with van der Waals surface area (Å²) >= 11 is 0. The molecule has 0 N–H and O–H groups in total. The molecule has 0 atom stereocenters. The fraction of sp³-hybridized carbons (Fsp3) is 0.750. The van der Waals surface area contributed by atoms with Crippen LogP contribution in [0.1, 0.15) is 104 Å². The molecule has 28 heavy (non-hydrogen) atoms. The fourth-order valence-electron chi connectivity index (χ4n) is 2.79. The Bertz CT molecular complexity index is 426. The highest BCUT2D eigenvalue weighted by Crippen LogP contribution is 2.09. The van der Waals surface area contributed by atoms with E-state index >= 15 is 0 Å². The SMILES string of the molecule is CCCCCCCCCC/C=C/CCOC(=O)/C=C/C(=O)OCCCCCC. The van der Waals surface area contributed by atoms with Crippen molar-refractivity contribution in [2.75, 3.05) is 13.2 Å². The van der Waals surface area contributed by atoms with Crippen LogP contribution in [0.15, 0.2) is 24.3 Å². The van der Waals surface area contributed by atoms with E-state index in [4.69, 9.17) is 9.47 Å². The van der Waals surface area contributed by atoms with Crippen molar-refractivity contribution >= 4 is 11.9 Å². The summed E-state index contributed by atoms with van der Waals surface area (Å²) in [6, 6.07) is 0. The monoisotopic (exact) mass is 394 g/mol. The highest BCUT2D eigenvalue weighted by molar-refractivity contribution is 5.91. The maximum Gasteiger partial charge on any atom is 0.331 e. The lowest BCUT2D eigenvalue weighted by molar-refractivity contribution is -0.140. The van der Waals surface area contributed by atoms with Gasteiger partial charge in [0.05, 0.1) is 13.2 Å². The van der Waals surface area contributed by atoms with E-state index in [0.29, 0.717) is 19.6 Å². The van der Waals surface area contributed by atoms with Gasteiger partial charge in [0.15, 0.2) is 0 Å². The van der Waals surface area contributed by atoms with Gasteiger partial charge in [-0.2, -0.15) is 0 Å². The van der Waals surface area contributed by atoms with Crippen molar-refractivity contribution in [3.05, 3.63) is 24.3 Å². The molecule has 162 valence electrons. The number of carbonyl (C=O) groups excluding carboxylic acids is 2. The first kappa shape index (κ1) is 26.4. The van der Waals surface area contributed by atoms with Gasteiger partial charge >= 0.3 is 11.9 Å². The van der Waals surface area contributed by atoms with Crippen LogP contribution in [0, 0.1) is 0 Å². The summed E-state index contributed by atoms with van der Waals surface area (Å²) in [5.41, 5.74) is 0. The molecule has 0 aromatic heterocycles. The number of rotatable bonds is 19. The minimum absolute atomic E-state index is 0.336.